The minimum atomic E-state index is -3.66. The molecule has 1 N–H and O–H groups in total. The highest BCUT2D eigenvalue weighted by molar-refractivity contribution is 7.86. The highest BCUT2D eigenvalue weighted by atomic mass is 32.2. The van der Waals surface area contributed by atoms with Gasteiger partial charge in [0.2, 0.25) is 0 Å². The Bertz CT molecular complexity index is 559. The van der Waals surface area contributed by atoms with Crippen LogP contribution in [-0.4, -0.2) is 44.7 Å². The molecule has 1 heterocycles. The monoisotopic (exact) mass is 330 g/mol. The van der Waals surface area contributed by atoms with E-state index in [2.05, 4.69) is 0 Å². The third kappa shape index (κ3) is 4.76. The molecule has 1 aliphatic rings. The normalized spacial score (nSPS) is 27.5. The Morgan fingerprint density at radius 1 is 1.36 bits per heavy atom. The number of ether oxygens (including phenoxy) is 2. The van der Waals surface area contributed by atoms with E-state index in [1.54, 1.807) is 0 Å². The van der Waals surface area contributed by atoms with Crippen LogP contribution in [0.15, 0.2) is 30.3 Å². The van der Waals surface area contributed by atoms with Gasteiger partial charge in [0.15, 0.2) is 6.29 Å². The minimum absolute atomic E-state index is 0.0398. The van der Waals surface area contributed by atoms with Crippen LogP contribution in [0.4, 0.5) is 0 Å². The smallest absolute Gasteiger partial charge is 0.264 e. The summed E-state index contributed by atoms with van der Waals surface area (Å²) in [5.41, 5.74) is 0.814. The van der Waals surface area contributed by atoms with Crippen LogP contribution in [0, 0.1) is 0 Å². The van der Waals surface area contributed by atoms with Crippen molar-refractivity contribution in [2.45, 2.75) is 44.4 Å². The van der Waals surface area contributed by atoms with Crippen molar-refractivity contribution < 1.29 is 27.2 Å². The second-order valence-corrected chi connectivity index (χ2v) is 6.97. The van der Waals surface area contributed by atoms with E-state index < -0.39 is 34.7 Å². The number of aliphatic hydroxyl groups excluding tert-OH is 1. The van der Waals surface area contributed by atoms with Crippen LogP contribution in [-0.2, 0) is 23.8 Å². The lowest BCUT2D eigenvalue weighted by molar-refractivity contribution is -0.270. The predicted molar refractivity (Wildman–Crippen MR) is 80.6 cm³/mol. The number of hydrogen-bond donors (Lipinski definition) is 1. The van der Waals surface area contributed by atoms with E-state index in [0.717, 1.165) is 18.2 Å². The molecule has 2 rings (SSSR count). The van der Waals surface area contributed by atoms with Crippen LogP contribution in [0.25, 0.3) is 0 Å². The summed E-state index contributed by atoms with van der Waals surface area (Å²) in [6.07, 6.45) is -0.840. The summed E-state index contributed by atoms with van der Waals surface area (Å²) in [6, 6.07) is 9.31. The molecule has 1 saturated heterocycles. The summed E-state index contributed by atoms with van der Waals surface area (Å²) in [5, 5.41) is 10.3. The molecule has 1 aliphatic heterocycles. The second-order valence-electron chi connectivity index (χ2n) is 5.37. The first-order chi connectivity index (χ1) is 10.4. The van der Waals surface area contributed by atoms with Gasteiger partial charge in [0.25, 0.3) is 10.1 Å². The lowest BCUT2D eigenvalue weighted by atomic mass is 10.0. The first-order valence-corrected chi connectivity index (χ1v) is 9.10. The molecule has 6 nitrogen and oxygen atoms in total. The number of rotatable bonds is 6. The molecule has 1 fully saturated rings. The molecule has 124 valence electrons. The fraction of sp³-hybridized carbons (Fsp3) is 0.600. The van der Waals surface area contributed by atoms with Crippen molar-refractivity contribution in [1.82, 2.24) is 0 Å². The molecule has 1 aromatic rings. The lowest BCUT2D eigenvalue weighted by Gasteiger charge is -2.38. The van der Waals surface area contributed by atoms with Gasteiger partial charge in [-0.25, -0.2) is 0 Å². The molecule has 0 aliphatic carbocycles. The van der Waals surface area contributed by atoms with Crippen molar-refractivity contribution >= 4 is 10.1 Å². The molecule has 0 aromatic heterocycles. The molecule has 0 radical (unpaired) electrons. The lowest BCUT2D eigenvalue weighted by Crippen LogP contribution is -2.49. The molecule has 0 bridgehead atoms. The molecule has 3 unspecified atom stereocenters. The summed E-state index contributed by atoms with van der Waals surface area (Å²) in [6.45, 7) is 1.97. The number of aliphatic hydroxyl groups is 1. The Labute approximate surface area is 131 Å². The summed E-state index contributed by atoms with van der Waals surface area (Å²) in [5.74, 6) is 0. The zero-order valence-electron chi connectivity index (χ0n) is 12.7. The van der Waals surface area contributed by atoms with E-state index in [1.807, 2.05) is 37.3 Å². The van der Waals surface area contributed by atoms with Gasteiger partial charge in [0.05, 0.1) is 19.0 Å². The van der Waals surface area contributed by atoms with Gasteiger partial charge in [0.1, 0.15) is 12.2 Å². The first-order valence-electron chi connectivity index (χ1n) is 7.29. The topological polar surface area (TPSA) is 82.1 Å². The molecule has 0 spiro atoms. The zero-order chi connectivity index (χ0) is 16.2. The summed E-state index contributed by atoms with van der Waals surface area (Å²) in [7, 11) is -3.66. The Hall–Kier alpha value is -0.990. The van der Waals surface area contributed by atoms with E-state index in [-0.39, 0.29) is 6.61 Å². The van der Waals surface area contributed by atoms with E-state index in [9.17, 15) is 13.5 Å². The fourth-order valence-electron chi connectivity index (χ4n) is 2.44. The molecular formula is C15H22O6S. The van der Waals surface area contributed by atoms with Crippen molar-refractivity contribution in [2.24, 2.45) is 0 Å². The van der Waals surface area contributed by atoms with Crippen LogP contribution in [0.3, 0.4) is 0 Å². The molecule has 7 heteroatoms. The Balaban J connectivity index is 2.15. The maximum absolute atomic E-state index is 11.4. The first kappa shape index (κ1) is 17.4. The maximum atomic E-state index is 11.4. The van der Waals surface area contributed by atoms with Gasteiger partial charge in [-0.05, 0) is 6.42 Å². The third-order valence-electron chi connectivity index (χ3n) is 3.39. The van der Waals surface area contributed by atoms with E-state index >= 15 is 0 Å². The van der Waals surface area contributed by atoms with Crippen LogP contribution in [0.5, 0.6) is 0 Å². The fourth-order valence-corrected chi connectivity index (χ4v) is 3.05. The summed E-state index contributed by atoms with van der Waals surface area (Å²) >= 11 is 0. The highest BCUT2D eigenvalue weighted by Crippen LogP contribution is 2.30. The van der Waals surface area contributed by atoms with Gasteiger partial charge in [-0.15, -0.1) is 0 Å². The van der Waals surface area contributed by atoms with Crippen LogP contribution < -0.4 is 0 Å². The van der Waals surface area contributed by atoms with E-state index in [1.165, 1.54) is 0 Å². The van der Waals surface area contributed by atoms with Gasteiger partial charge in [0, 0.05) is 5.56 Å². The SMILES string of the molecule is CCC[C@@H](O)C1OC(c2ccccc2)OCC1OS(C)(=O)=O. The highest BCUT2D eigenvalue weighted by Gasteiger charge is 2.39. The average Bonchev–Trinajstić information content (AvgIpc) is 2.47. The zero-order valence-corrected chi connectivity index (χ0v) is 13.5. The van der Waals surface area contributed by atoms with Crippen molar-refractivity contribution in [3.05, 3.63) is 35.9 Å². The maximum Gasteiger partial charge on any atom is 0.264 e. The molecular weight excluding hydrogens is 308 g/mol. The van der Waals surface area contributed by atoms with E-state index in [0.29, 0.717) is 6.42 Å². The van der Waals surface area contributed by atoms with Crippen molar-refractivity contribution in [2.75, 3.05) is 12.9 Å². The molecule has 4 atom stereocenters. The second kappa shape index (κ2) is 7.52. The largest absolute Gasteiger partial charge is 0.390 e. The quantitative estimate of drug-likeness (QED) is 0.798. The Morgan fingerprint density at radius 3 is 2.64 bits per heavy atom. The Morgan fingerprint density at radius 2 is 2.05 bits per heavy atom. The molecule has 22 heavy (non-hydrogen) atoms. The van der Waals surface area contributed by atoms with Crippen LogP contribution in [0.1, 0.15) is 31.6 Å². The van der Waals surface area contributed by atoms with Gasteiger partial charge in [-0.2, -0.15) is 8.42 Å². The van der Waals surface area contributed by atoms with Crippen molar-refractivity contribution in [3.63, 3.8) is 0 Å². The van der Waals surface area contributed by atoms with Gasteiger partial charge in [-0.3, -0.25) is 4.18 Å². The third-order valence-corrected chi connectivity index (χ3v) is 3.99. The molecule has 0 amide bonds. The average molecular weight is 330 g/mol. The number of benzene rings is 1. The summed E-state index contributed by atoms with van der Waals surface area (Å²) in [4.78, 5) is 0. The Kier molecular flexibility index (Phi) is 5.94. The van der Waals surface area contributed by atoms with Crippen LogP contribution in [0.2, 0.25) is 0 Å². The molecule has 0 saturated carbocycles. The van der Waals surface area contributed by atoms with Gasteiger partial charge < -0.3 is 14.6 Å². The summed E-state index contributed by atoms with van der Waals surface area (Å²) < 4.78 is 39.1. The standard InChI is InChI=1S/C15H22O6S/c1-3-7-12(16)14-13(21-22(2,17)18)10-19-15(20-14)11-8-5-4-6-9-11/h4-6,8-9,12-16H,3,7,10H2,1-2H3/t12-,13?,14?,15?/m1/s1. The molecule has 1 aromatic carbocycles. The predicted octanol–water partition coefficient (Wildman–Crippen LogP) is 1.61. The van der Waals surface area contributed by atoms with Gasteiger partial charge in [-0.1, -0.05) is 43.7 Å². The van der Waals surface area contributed by atoms with Gasteiger partial charge >= 0.3 is 0 Å². The minimum Gasteiger partial charge on any atom is -0.390 e. The van der Waals surface area contributed by atoms with Crippen molar-refractivity contribution in [1.29, 1.82) is 0 Å². The number of hydrogen-bond acceptors (Lipinski definition) is 6. The van der Waals surface area contributed by atoms with Crippen LogP contribution >= 0.6 is 0 Å². The van der Waals surface area contributed by atoms with Crippen molar-refractivity contribution in [3.8, 4) is 0 Å². The van der Waals surface area contributed by atoms with E-state index in [4.69, 9.17) is 13.7 Å².